The maximum Gasteiger partial charge on any atom is 0.417 e. The summed E-state index contributed by atoms with van der Waals surface area (Å²) in [5.41, 5.74) is -0.648. The maximum atomic E-state index is 13.0. The molecule has 3 nitrogen and oxygen atoms in total. The largest absolute Gasteiger partial charge is 0.468 e. The van der Waals surface area contributed by atoms with Gasteiger partial charge in [0.1, 0.15) is 15.6 Å². The van der Waals surface area contributed by atoms with Crippen LogP contribution in [0.4, 0.5) is 13.2 Å². The topological polar surface area (TPSA) is 35.5 Å². The highest BCUT2D eigenvalue weighted by molar-refractivity contribution is 9.10. The molecule has 0 aliphatic heterocycles. The Labute approximate surface area is 186 Å². The SMILES string of the molecule is COC(=O)C(Br)Cc1cc(Oc2c(Cl)cc(C(F)(F)F)c(Cl)c2Cl)ccc1Cl. The predicted molar refractivity (Wildman–Crippen MR) is 106 cm³/mol. The van der Waals surface area contributed by atoms with Crippen LogP contribution in [-0.2, 0) is 22.1 Å². The molecule has 0 N–H and O–H groups in total. The lowest BCUT2D eigenvalue weighted by Gasteiger charge is -2.16. The molecule has 0 amide bonds. The summed E-state index contributed by atoms with van der Waals surface area (Å²) in [4.78, 5) is 10.9. The molecule has 0 aromatic heterocycles. The number of hydrogen-bond donors (Lipinski definition) is 0. The van der Waals surface area contributed by atoms with Gasteiger partial charge >= 0.3 is 12.1 Å². The average molecular weight is 541 g/mol. The summed E-state index contributed by atoms with van der Waals surface area (Å²) in [5, 5.41) is -1.23. The molecule has 28 heavy (non-hydrogen) atoms. The van der Waals surface area contributed by atoms with Gasteiger partial charge in [0.2, 0.25) is 0 Å². The molecule has 0 aliphatic carbocycles. The number of alkyl halides is 4. The van der Waals surface area contributed by atoms with Crippen molar-refractivity contribution in [2.24, 2.45) is 0 Å². The summed E-state index contributed by atoms with van der Waals surface area (Å²) >= 11 is 26.9. The zero-order valence-electron chi connectivity index (χ0n) is 13.8. The Kier molecular flexibility index (Phi) is 7.78. The van der Waals surface area contributed by atoms with Gasteiger partial charge in [0, 0.05) is 5.02 Å². The van der Waals surface area contributed by atoms with Crippen LogP contribution in [0.25, 0.3) is 0 Å². The van der Waals surface area contributed by atoms with E-state index in [-0.39, 0.29) is 22.9 Å². The Morgan fingerprint density at radius 3 is 2.32 bits per heavy atom. The minimum Gasteiger partial charge on any atom is -0.468 e. The summed E-state index contributed by atoms with van der Waals surface area (Å²) in [6, 6.07) is 5.09. The van der Waals surface area contributed by atoms with Gasteiger partial charge in [-0.15, -0.1) is 0 Å². The highest BCUT2D eigenvalue weighted by atomic mass is 79.9. The molecule has 0 saturated carbocycles. The van der Waals surface area contributed by atoms with E-state index in [1.807, 2.05) is 0 Å². The fourth-order valence-electron chi connectivity index (χ4n) is 2.17. The van der Waals surface area contributed by atoms with Crippen molar-refractivity contribution in [3.63, 3.8) is 0 Å². The first kappa shape index (κ1) is 23.4. The van der Waals surface area contributed by atoms with Gasteiger partial charge in [0.05, 0.1) is 22.7 Å². The van der Waals surface area contributed by atoms with Gasteiger partial charge in [-0.05, 0) is 36.2 Å². The molecule has 0 radical (unpaired) electrons. The van der Waals surface area contributed by atoms with E-state index in [2.05, 4.69) is 20.7 Å². The van der Waals surface area contributed by atoms with E-state index in [0.29, 0.717) is 16.7 Å². The number of carbonyl (C=O) groups is 1. The second-order valence-electron chi connectivity index (χ2n) is 5.41. The van der Waals surface area contributed by atoms with Gasteiger partial charge in [0.25, 0.3) is 0 Å². The number of ether oxygens (including phenoxy) is 2. The van der Waals surface area contributed by atoms with Crippen LogP contribution in [0.1, 0.15) is 11.1 Å². The zero-order chi connectivity index (χ0) is 21.2. The second-order valence-corrected chi connectivity index (χ2v) is 8.09. The number of benzene rings is 2. The van der Waals surface area contributed by atoms with E-state index in [1.54, 1.807) is 0 Å². The molecular weight excluding hydrogens is 531 g/mol. The van der Waals surface area contributed by atoms with Crippen LogP contribution < -0.4 is 4.74 Å². The Bertz CT molecular complexity index is 906. The van der Waals surface area contributed by atoms with Crippen molar-refractivity contribution in [3.8, 4) is 11.5 Å². The molecular formula is C17H10BrCl4F3O3. The average Bonchev–Trinajstić information content (AvgIpc) is 2.62. The minimum absolute atomic E-state index is 0.179. The highest BCUT2D eigenvalue weighted by Gasteiger charge is 2.36. The van der Waals surface area contributed by atoms with Gasteiger partial charge in [-0.1, -0.05) is 62.3 Å². The third-order valence-electron chi connectivity index (χ3n) is 3.52. The first-order valence-electron chi connectivity index (χ1n) is 7.38. The molecule has 152 valence electrons. The molecule has 0 fully saturated rings. The molecule has 1 unspecified atom stereocenters. The van der Waals surface area contributed by atoms with Gasteiger partial charge < -0.3 is 9.47 Å². The number of halogens is 8. The molecule has 1 atom stereocenters. The number of hydrogen-bond acceptors (Lipinski definition) is 3. The number of esters is 1. The Hall–Kier alpha value is -0.860. The van der Waals surface area contributed by atoms with E-state index in [0.717, 1.165) is 0 Å². The summed E-state index contributed by atoms with van der Waals surface area (Å²) in [5.74, 6) is -0.551. The predicted octanol–water partition coefficient (Wildman–Crippen LogP) is 7.59. The Morgan fingerprint density at radius 2 is 1.75 bits per heavy atom. The first-order valence-corrected chi connectivity index (χ1v) is 9.81. The van der Waals surface area contributed by atoms with Gasteiger partial charge in [-0.25, -0.2) is 0 Å². The van der Waals surface area contributed by atoms with Crippen LogP contribution in [0.3, 0.4) is 0 Å². The lowest BCUT2D eigenvalue weighted by Crippen LogP contribution is -2.18. The molecule has 0 spiro atoms. The van der Waals surface area contributed by atoms with Crippen LogP contribution in [0.5, 0.6) is 11.5 Å². The van der Waals surface area contributed by atoms with Gasteiger partial charge in [-0.3, -0.25) is 4.79 Å². The van der Waals surface area contributed by atoms with Crippen molar-refractivity contribution in [2.75, 3.05) is 7.11 Å². The second kappa shape index (κ2) is 9.30. The standard InChI is InChI=1S/C17H10BrCl4F3O3/c1-27-16(26)10(18)5-7-4-8(2-3-11(7)19)28-15-12(20)6-9(17(23,24)25)13(21)14(15)22/h2-4,6,10H,5H2,1H3. The normalized spacial score (nSPS) is 12.6. The minimum atomic E-state index is -4.73. The Morgan fingerprint density at radius 1 is 1.11 bits per heavy atom. The molecule has 2 rings (SSSR count). The molecule has 2 aromatic rings. The number of methoxy groups -OCH3 is 1. The van der Waals surface area contributed by atoms with Gasteiger partial charge in [0.15, 0.2) is 5.75 Å². The fraction of sp³-hybridized carbons (Fsp3) is 0.235. The summed E-state index contributed by atoms with van der Waals surface area (Å²) < 4.78 is 49.1. The summed E-state index contributed by atoms with van der Waals surface area (Å²) in [6.45, 7) is 0. The van der Waals surface area contributed by atoms with E-state index in [4.69, 9.17) is 51.1 Å². The van der Waals surface area contributed by atoms with E-state index < -0.39 is 32.6 Å². The third kappa shape index (κ3) is 5.39. The monoisotopic (exact) mass is 538 g/mol. The van der Waals surface area contributed by atoms with Crippen LogP contribution >= 0.6 is 62.3 Å². The quantitative estimate of drug-likeness (QED) is 0.223. The van der Waals surface area contributed by atoms with Crippen LogP contribution in [-0.4, -0.2) is 17.9 Å². The smallest absolute Gasteiger partial charge is 0.417 e. The van der Waals surface area contributed by atoms with Gasteiger partial charge in [-0.2, -0.15) is 13.2 Å². The molecule has 0 heterocycles. The summed E-state index contributed by atoms with van der Waals surface area (Å²) in [7, 11) is 1.25. The van der Waals surface area contributed by atoms with E-state index >= 15 is 0 Å². The van der Waals surface area contributed by atoms with Crippen molar-refractivity contribution in [1.29, 1.82) is 0 Å². The number of carbonyl (C=O) groups excluding carboxylic acids is 1. The highest BCUT2D eigenvalue weighted by Crippen LogP contribution is 2.47. The maximum absolute atomic E-state index is 13.0. The van der Waals surface area contributed by atoms with Crippen molar-refractivity contribution in [2.45, 2.75) is 17.4 Å². The lowest BCUT2D eigenvalue weighted by atomic mass is 10.1. The zero-order valence-corrected chi connectivity index (χ0v) is 18.5. The van der Waals surface area contributed by atoms with Crippen LogP contribution in [0.2, 0.25) is 20.1 Å². The van der Waals surface area contributed by atoms with E-state index in [1.165, 1.54) is 25.3 Å². The van der Waals surface area contributed by atoms with Crippen molar-refractivity contribution in [1.82, 2.24) is 0 Å². The molecule has 0 saturated heterocycles. The molecule has 0 bridgehead atoms. The van der Waals surface area contributed by atoms with Crippen molar-refractivity contribution in [3.05, 3.63) is 55.5 Å². The van der Waals surface area contributed by atoms with Crippen molar-refractivity contribution < 1.29 is 27.4 Å². The first-order chi connectivity index (χ1) is 13.0. The molecule has 2 aromatic carbocycles. The van der Waals surface area contributed by atoms with Crippen LogP contribution in [0, 0.1) is 0 Å². The lowest BCUT2D eigenvalue weighted by molar-refractivity contribution is -0.140. The molecule has 11 heteroatoms. The van der Waals surface area contributed by atoms with Crippen LogP contribution in [0.15, 0.2) is 24.3 Å². The number of rotatable bonds is 5. The van der Waals surface area contributed by atoms with E-state index in [9.17, 15) is 18.0 Å². The molecule has 0 aliphatic rings. The summed E-state index contributed by atoms with van der Waals surface area (Å²) in [6.07, 6.45) is -4.55. The fourth-order valence-corrected chi connectivity index (χ4v) is 3.68. The third-order valence-corrected chi connectivity index (χ3v) is 5.71. The Balaban J connectivity index is 2.38. The van der Waals surface area contributed by atoms with Crippen molar-refractivity contribution >= 4 is 68.3 Å².